The molecule has 0 radical (unpaired) electrons. The van der Waals surface area contributed by atoms with E-state index < -0.39 is 0 Å². The second-order valence-corrected chi connectivity index (χ2v) is 6.60. The molecule has 5 heteroatoms. The van der Waals surface area contributed by atoms with Crippen LogP contribution in [0.15, 0.2) is 46.9 Å². The zero-order valence-corrected chi connectivity index (χ0v) is 15.8. The molecule has 0 fully saturated rings. The minimum atomic E-state index is 0.517. The topological polar surface area (TPSA) is 55.7 Å². The van der Waals surface area contributed by atoms with Crippen LogP contribution in [0.5, 0.6) is 0 Å². The van der Waals surface area contributed by atoms with E-state index in [9.17, 15) is 5.26 Å². The van der Waals surface area contributed by atoms with Gasteiger partial charge in [0, 0.05) is 23.2 Å². The Balaban J connectivity index is 1.92. The van der Waals surface area contributed by atoms with E-state index in [2.05, 4.69) is 62.8 Å². The van der Waals surface area contributed by atoms with Crippen molar-refractivity contribution in [2.75, 3.05) is 18.0 Å². The van der Waals surface area contributed by atoms with E-state index in [1.165, 1.54) is 5.69 Å². The number of allylic oxidation sites excluding steroid dienone is 1. The van der Waals surface area contributed by atoms with E-state index >= 15 is 0 Å². The van der Waals surface area contributed by atoms with Gasteiger partial charge in [0.1, 0.15) is 11.9 Å². The normalized spacial score (nSPS) is 11.5. The Morgan fingerprint density at radius 1 is 1.20 bits per heavy atom. The van der Waals surface area contributed by atoms with Gasteiger partial charge in [-0.3, -0.25) is 0 Å². The Morgan fingerprint density at radius 3 is 2.56 bits per heavy atom. The Bertz CT molecular complexity index is 944. The molecule has 1 aromatic heterocycles. The maximum absolute atomic E-state index is 9.54. The van der Waals surface area contributed by atoms with Crippen molar-refractivity contribution >= 4 is 44.3 Å². The van der Waals surface area contributed by atoms with Gasteiger partial charge in [-0.25, -0.2) is 4.98 Å². The highest BCUT2D eigenvalue weighted by Gasteiger charge is 2.08. The van der Waals surface area contributed by atoms with Gasteiger partial charge in [-0.05, 0) is 55.8 Å². The van der Waals surface area contributed by atoms with Crippen LogP contribution in [0.1, 0.15) is 25.2 Å². The fraction of sp³-hybridized carbons (Fsp3) is 0.200. The van der Waals surface area contributed by atoms with Crippen molar-refractivity contribution in [2.45, 2.75) is 13.8 Å². The summed E-state index contributed by atoms with van der Waals surface area (Å²) in [4.78, 5) is 10.0. The monoisotopic (exact) mass is 394 g/mol. The predicted octanol–water partition coefficient (Wildman–Crippen LogP) is 5.24. The highest BCUT2D eigenvalue weighted by molar-refractivity contribution is 9.10. The number of fused-ring (bicyclic) bond motifs is 1. The summed E-state index contributed by atoms with van der Waals surface area (Å²) < 4.78 is 0.977. The van der Waals surface area contributed by atoms with E-state index in [0.29, 0.717) is 11.4 Å². The van der Waals surface area contributed by atoms with Gasteiger partial charge in [0.25, 0.3) is 0 Å². The van der Waals surface area contributed by atoms with Crippen molar-refractivity contribution in [2.24, 2.45) is 0 Å². The quantitative estimate of drug-likeness (QED) is 0.602. The SMILES string of the molecule is CCN(CC)c1ccc(/C=C(\C#N)c2nc3ccc(Br)cc3[nH]2)cc1. The zero-order chi connectivity index (χ0) is 17.8. The lowest BCUT2D eigenvalue weighted by molar-refractivity contribution is 0.866. The van der Waals surface area contributed by atoms with Gasteiger partial charge in [0.2, 0.25) is 0 Å². The molecule has 0 saturated carbocycles. The van der Waals surface area contributed by atoms with E-state index in [1.54, 1.807) is 0 Å². The molecule has 3 aromatic rings. The van der Waals surface area contributed by atoms with Crippen LogP contribution >= 0.6 is 15.9 Å². The molecule has 0 spiro atoms. The van der Waals surface area contributed by atoms with Crippen LogP contribution in [0.25, 0.3) is 22.7 Å². The largest absolute Gasteiger partial charge is 0.372 e. The molecular weight excluding hydrogens is 376 g/mol. The molecule has 3 rings (SSSR count). The molecule has 0 bridgehead atoms. The van der Waals surface area contributed by atoms with Crippen molar-refractivity contribution in [1.29, 1.82) is 5.26 Å². The second kappa shape index (κ2) is 7.54. The van der Waals surface area contributed by atoms with Crippen LogP contribution in [0.3, 0.4) is 0 Å². The number of aromatic amines is 1. The summed E-state index contributed by atoms with van der Waals surface area (Å²) in [5.74, 6) is 0.586. The molecule has 126 valence electrons. The van der Waals surface area contributed by atoms with Gasteiger partial charge >= 0.3 is 0 Å². The Morgan fingerprint density at radius 2 is 1.92 bits per heavy atom. The third-order valence-corrected chi connectivity index (χ3v) is 4.65. The molecular formula is C20H19BrN4. The number of benzene rings is 2. The molecule has 0 amide bonds. The molecule has 1 heterocycles. The predicted molar refractivity (Wildman–Crippen MR) is 107 cm³/mol. The van der Waals surface area contributed by atoms with Crippen molar-refractivity contribution in [3.05, 3.63) is 58.3 Å². The van der Waals surface area contributed by atoms with Crippen LogP contribution in [0.2, 0.25) is 0 Å². The van der Waals surface area contributed by atoms with Crippen LogP contribution < -0.4 is 4.90 Å². The average molecular weight is 395 g/mol. The Hall–Kier alpha value is -2.58. The smallest absolute Gasteiger partial charge is 0.149 e. The molecule has 0 saturated heterocycles. The fourth-order valence-electron chi connectivity index (χ4n) is 2.80. The first-order valence-corrected chi connectivity index (χ1v) is 9.06. The van der Waals surface area contributed by atoms with Crippen LogP contribution in [-0.2, 0) is 0 Å². The van der Waals surface area contributed by atoms with Crippen molar-refractivity contribution in [3.8, 4) is 6.07 Å². The highest BCUT2D eigenvalue weighted by atomic mass is 79.9. The summed E-state index contributed by atoms with van der Waals surface area (Å²) in [6.45, 7) is 6.24. The molecule has 0 atom stereocenters. The molecule has 0 unspecified atom stereocenters. The number of rotatable bonds is 5. The summed E-state index contributed by atoms with van der Waals surface area (Å²) in [6, 6.07) is 16.3. The van der Waals surface area contributed by atoms with Crippen LogP contribution in [0, 0.1) is 11.3 Å². The van der Waals surface area contributed by atoms with Gasteiger partial charge in [0.05, 0.1) is 16.6 Å². The van der Waals surface area contributed by atoms with Gasteiger partial charge in [-0.15, -0.1) is 0 Å². The first kappa shape index (κ1) is 17.2. The number of hydrogen-bond donors (Lipinski definition) is 1. The Labute approximate surface area is 155 Å². The van der Waals surface area contributed by atoms with Crippen molar-refractivity contribution in [3.63, 3.8) is 0 Å². The van der Waals surface area contributed by atoms with Crippen molar-refractivity contribution in [1.82, 2.24) is 9.97 Å². The van der Waals surface area contributed by atoms with E-state index in [4.69, 9.17) is 0 Å². The molecule has 0 aliphatic carbocycles. The number of halogens is 1. The summed E-state index contributed by atoms with van der Waals surface area (Å²) >= 11 is 3.45. The number of imidazole rings is 1. The van der Waals surface area contributed by atoms with E-state index in [-0.39, 0.29) is 0 Å². The number of aromatic nitrogens is 2. The maximum atomic E-state index is 9.54. The minimum absolute atomic E-state index is 0.517. The number of nitriles is 1. The number of anilines is 1. The second-order valence-electron chi connectivity index (χ2n) is 5.68. The van der Waals surface area contributed by atoms with E-state index in [1.807, 2.05) is 36.4 Å². The lowest BCUT2D eigenvalue weighted by Crippen LogP contribution is -2.21. The van der Waals surface area contributed by atoms with Gasteiger partial charge in [0.15, 0.2) is 0 Å². The molecule has 2 aromatic carbocycles. The lowest BCUT2D eigenvalue weighted by Gasteiger charge is -2.20. The van der Waals surface area contributed by atoms with Gasteiger partial charge in [-0.1, -0.05) is 28.1 Å². The number of hydrogen-bond acceptors (Lipinski definition) is 3. The van der Waals surface area contributed by atoms with Crippen LogP contribution in [0.4, 0.5) is 5.69 Å². The number of H-pyrrole nitrogens is 1. The standard InChI is InChI=1S/C20H19BrN4/c1-3-25(4-2)17-8-5-14(6-9-17)11-15(13-22)20-23-18-10-7-16(21)12-19(18)24-20/h5-12H,3-4H2,1-2H3,(H,23,24)/b15-11+. The summed E-state index contributed by atoms with van der Waals surface area (Å²) in [5, 5.41) is 9.54. The summed E-state index contributed by atoms with van der Waals surface area (Å²) in [6.07, 6.45) is 1.86. The minimum Gasteiger partial charge on any atom is -0.372 e. The number of nitrogens with one attached hydrogen (secondary N) is 1. The first-order chi connectivity index (χ1) is 12.1. The van der Waals surface area contributed by atoms with Gasteiger partial charge in [-0.2, -0.15) is 5.26 Å². The van der Waals surface area contributed by atoms with Gasteiger partial charge < -0.3 is 9.88 Å². The maximum Gasteiger partial charge on any atom is 0.149 e. The molecule has 1 N–H and O–H groups in total. The van der Waals surface area contributed by atoms with Crippen LogP contribution in [-0.4, -0.2) is 23.1 Å². The van der Waals surface area contributed by atoms with Crippen molar-refractivity contribution < 1.29 is 0 Å². The third kappa shape index (κ3) is 3.75. The molecule has 4 nitrogen and oxygen atoms in total. The Kier molecular flexibility index (Phi) is 5.20. The molecule has 25 heavy (non-hydrogen) atoms. The third-order valence-electron chi connectivity index (χ3n) is 4.15. The molecule has 0 aliphatic heterocycles. The zero-order valence-electron chi connectivity index (χ0n) is 14.3. The molecule has 0 aliphatic rings. The first-order valence-electron chi connectivity index (χ1n) is 8.27. The summed E-state index contributed by atoms with van der Waals surface area (Å²) in [7, 11) is 0. The summed E-state index contributed by atoms with van der Waals surface area (Å²) in [5.41, 5.74) is 4.44. The highest BCUT2D eigenvalue weighted by Crippen LogP contribution is 2.23. The number of nitrogens with zero attached hydrogens (tertiary/aromatic N) is 3. The van der Waals surface area contributed by atoms with E-state index in [0.717, 1.165) is 34.2 Å². The fourth-order valence-corrected chi connectivity index (χ4v) is 3.16. The lowest BCUT2D eigenvalue weighted by atomic mass is 10.1. The average Bonchev–Trinajstić information content (AvgIpc) is 3.04.